The molecule has 1 aromatic carbocycles. The molecule has 1 aromatic heterocycles. The fourth-order valence-electron chi connectivity index (χ4n) is 3.27. The van der Waals surface area contributed by atoms with Crippen molar-refractivity contribution >= 4 is 5.69 Å². The van der Waals surface area contributed by atoms with Crippen LogP contribution in [0, 0.1) is 24.0 Å². The third-order valence-corrected chi connectivity index (χ3v) is 4.31. The highest BCUT2D eigenvalue weighted by molar-refractivity contribution is 5.39. The van der Waals surface area contributed by atoms with E-state index >= 15 is 0 Å². The molecule has 22 heavy (non-hydrogen) atoms. The van der Waals surface area contributed by atoms with Gasteiger partial charge in [0.15, 0.2) is 0 Å². The van der Waals surface area contributed by atoms with Crippen molar-refractivity contribution in [2.75, 3.05) is 13.1 Å². The van der Waals surface area contributed by atoms with Gasteiger partial charge in [-0.25, -0.2) is 0 Å². The van der Waals surface area contributed by atoms with Gasteiger partial charge >= 0.3 is 5.69 Å². The quantitative estimate of drug-likeness (QED) is 0.643. The van der Waals surface area contributed by atoms with Gasteiger partial charge < -0.3 is 0 Å². The van der Waals surface area contributed by atoms with Gasteiger partial charge in [-0.05, 0) is 25.8 Å². The molecular formula is C16H20N4O2. The van der Waals surface area contributed by atoms with Gasteiger partial charge in [0.1, 0.15) is 11.4 Å². The zero-order valence-corrected chi connectivity index (χ0v) is 12.9. The molecule has 0 radical (unpaired) electrons. The molecule has 0 amide bonds. The molecule has 6 nitrogen and oxygen atoms in total. The van der Waals surface area contributed by atoms with Gasteiger partial charge in [0.25, 0.3) is 0 Å². The van der Waals surface area contributed by atoms with Crippen molar-refractivity contribution in [1.29, 1.82) is 0 Å². The molecule has 0 unspecified atom stereocenters. The Balaban J connectivity index is 1.73. The van der Waals surface area contributed by atoms with Crippen molar-refractivity contribution < 1.29 is 4.92 Å². The van der Waals surface area contributed by atoms with E-state index in [9.17, 15) is 10.1 Å². The van der Waals surface area contributed by atoms with Crippen LogP contribution in [0.25, 0.3) is 0 Å². The maximum Gasteiger partial charge on any atom is 0.312 e. The van der Waals surface area contributed by atoms with Crippen LogP contribution in [0.4, 0.5) is 5.69 Å². The Labute approximate surface area is 129 Å². The van der Waals surface area contributed by atoms with Crippen molar-refractivity contribution in [3.8, 4) is 0 Å². The first-order valence-electron chi connectivity index (χ1n) is 7.52. The van der Waals surface area contributed by atoms with Crippen LogP contribution in [0.15, 0.2) is 30.3 Å². The number of hydrogen-bond donors (Lipinski definition) is 0. The highest BCUT2D eigenvalue weighted by Crippen LogP contribution is 2.29. The average Bonchev–Trinajstić information content (AvgIpc) is 3.04. The Morgan fingerprint density at radius 1 is 1.32 bits per heavy atom. The number of hydrogen-bond acceptors (Lipinski definition) is 4. The largest absolute Gasteiger partial charge is 0.312 e. The van der Waals surface area contributed by atoms with Crippen molar-refractivity contribution in [2.24, 2.45) is 0 Å². The highest BCUT2D eigenvalue weighted by Gasteiger charge is 2.30. The molecule has 0 aliphatic carbocycles. The summed E-state index contributed by atoms with van der Waals surface area (Å²) >= 11 is 0. The molecule has 1 atom stereocenters. The van der Waals surface area contributed by atoms with E-state index in [0.717, 1.165) is 26.1 Å². The Morgan fingerprint density at radius 3 is 2.68 bits per heavy atom. The Morgan fingerprint density at radius 2 is 2.05 bits per heavy atom. The molecule has 2 heterocycles. The summed E-state index contributed by atoms with van der Waals surface area (Å²) in [4.78, 5) is 13.2. The summed E-state index contributed by atoms with van der Waals surface area (Å²) in [7, 11) is 0. The van der Waals surface area contributed by atoms with Crippen molar-refractivity contribution in [3.63, 3.8) is 0 Å². The Hall–Kier alpha value is -2.21. The van der Waals surface area contributed by atoms with Gasteiger partial charge in [0.2, 0.25) is 0 Å². The smallest absolute Gasteiger partial charge is 0.297 e. The minimum atomic E-state index is -0.329. The lowest BCUT2D eigenvalue weighted by atomic mass is 10.2. The molecular weight excluding hydrogens is 280 g/mol. The van der Waals surface area contributed by atoms with E-state index in [1.807, 2.05) is 22.9 Å². The van der Waals surface area contributed by atoms with Crippen LogP contribution in [0.2, 0.25) is 0 Å². The topological polar surface area (TPSA) is 64.2 Å². The van der Waals surface area contributed by atoms with Gasteiger partial charge in [-0.3, -0.25) is 19.7 Å². The molecule has 0 saturated carbocycles. The number of aromatic nitrogens is 2. The minimum absolute atomic E-state index is 0.154. The van der Waals surface area contributed by atoms with Crippen LogP contribution in [-0.2, 0) is 6.54 Å². The third kappa shape index (κ3) is 2.74. The molecule has 1 fully saturated rings. The number of nitro groups is 1. The lowest BCUT2D eigenvalue weighted by molar-refractivity contribution is -0.386. The highest BCUT2D eigenvalue weighted by atomic mass is 16.6. The van der Waals surface area contributed by atoms with E-state index in [-0.39, 0.29) is 16.7 Å². The van der Waals surface area contributed by atoms with Crippen LogP contribution in [0.1, 0.15) is 29.4 Å². The van der Waals surface area contributed by atoms with Gasteiger partial charge in [-0.1, -0.05) is 30.3 Å². The fourth-order valence-corrected chi connectivity index (χ4v) is 3.27. The average molecular weight is 300 g/mol. The molecule has 116 valence electrons. The summed E-state index contributed by atoms with van der Waals surface area (Å²) < 4.78 is 1.85. The van der Waals surface area contributed by atoms with Crippen LogP contribution in [0.3, 0.4) is 0 Å². The maximum atomic E-state index is 11.1. The van der Waals surface area contributed by atoms with E-state index in [2.05, 4.69) is 22.1 Å². The summed E-state index contributed by atoms with van der Waals surface area (Å²) in [5.74, 6) is 0. The molecule has 1 saturated heterocycles. The molecule has 0 N–H and O–H groups in total. The maximum absolute atomic E-state index is 11.1. The van der Waals surface area contributed by atoms with E-state index in [4.69, 9.17) is 0 Å². The van der Waals surface area contributed by atoms with E-state index in [1.165, 1.54) is 5.56 Å². The number of rotatable bonds is 4. The van der Waals surface area contributed by atoms with Crippen molar-refractivity contribution in [1.82, 2.24) is 14.7 Å². The van der Waals surface area contributed by atoms with Crippen LogP contribution in [-0.4, -0.2) is 32.7 Å². The zero-order chi connectivity index (χ0) is 15.7. The van der Waals surface area contributed by atoms with Gasteiger partial charge in [0, 0.05) is 19.6 Å². The normalized spacial score (nSPS) is 18.7. The third-order valence-electron chi connectivity index (χ3n) is 4.31. The summed E-state index contributed by atoms with van der Waals surface area (Å²) in [5.41, 5.74) is 2.61. The lowest BCUT2D eigenvalue weighted by Crippen LogP contribution is -2.22. The predicted molar refractivity (Wildman–Crippen MR) is 83.7 cm³/mol. The minimum Gasteiger partial charge on any atom is -0.297 e. The first-order chi connectivity index (χ1) is 10.6. The van der Waals surface area contributed by atoms with Crippen LogP contribution < -0.4 is 0 Å². The first-order valence-corrected chi connectivity index (χ1v) is 7.52. The second-order valence-corrected chi connectivity index (χ2v) is 5.88. The fraction of sp³-hybridized carbons (Fsp3) is 0.438. The molecule has 6 heteroatoms. The van der Waals surface area contributed by atoms with E-state index in [1.54, 1.807) is 13.8 Å². The second kappa shape index (κ2) is 5.88. The van der Waals surface area contributed by atoms with Gasteiger partial charge in [-0.2, -0.15) is 5.10 Å². The number of likely N-dealkylation sites (tertiary alicyclic amines) is 1. The second-order valence-electron chi connectivity index (χ2n) is 5.88. The van der Waals surface area contributed by atoms with Gasteiger partial charge in [0.05, 0.1) is 11.0 Å². The van der Waals surface area contributed by atoms with E-state index < -0.39 is 0 Å². The molecule has 0 spiro atoms. The summed E-state index contributed by atoms with van der Waals surface area (Å²) in [5, 5.41) is 15.5. The van der Waals surface area contributed by atoms with Crippen LogP contribution >= 0.6 is 0 Å². The Bertz CT molecular complexity index is 681. The zero-order valence-electron chi connectivity index (χ0n) is 12.9. The first kappa shape index (κ1) is 14.7. The number of aryl methyl sites for hydroxylation is 1. The molecule has 0 bridgehead atoms. The Kier molecular flexibility index (Phi) is 3.94. The lowest BCUT2D eigenvalue weighted by Gasteiger charge is -2.16. The summed E-state index contributed by atoms with van der Waals surface area (Å²) in [6.45, 7) is 6.29. The molecule has 3 rings (SSSR count). The molecule has 2 aromatic rings. The van der Waals surface area contributed by atoms with Gasteiger partial charge in [-0.15, -0.1) is 0 Å². The van der Waals surface area contributed by atoms with Crippen molar-refractivity contribution in [2.45, 2.75) is 32.9 Å². The SMILES string of the molecule is Cc1nn([C@@H]2CCN(Cc3ccccc3)C2)c(C)c1[N+](=O)[O-]. The number of nitrogens with zero attached hydrogens (tertiary/aromatic N) is 4. The number of benzene rings is 1. The van der Waals surface area contributed by atoms with Crippen LogP contribution in [0.5, 0.6) is 0 Å². The molecule has 1 aliphatic rings. The van der Waals surface area contributed by atoms with E-state index in [0.29, 0.717) is 11.4 Å². The van der Waals surface area contributed by atoms with Crippen molar-refractivity contribution in [3.05, 3.63) is 57.4 Å². The summed E-state index contributed by atoms with van der Waals surface area (Å²) in [6.07, 6.45) is 0.978. The molecule has 1 aliphatic heterocycles. The predicted octanol–water partition coefficient (Wildman–Crippen LogP) is 2.86. The monoisotopic (exact) mass is 300 g/mol. The summed E-state index contributed by atoms with van der Waals surface area (Å²) in [6, 6.07) is 10.6. The standard InChI is InChI=1S/C16H20N4O2/c1-12-16(20(21)22)13(2)19(17-12)15-8-9-18(11-15)10-14-6-4-3-5-7-14/h3-7,15H,8-11H2,1-2H3/t15-/m1/s1.